The lowest BCUT2D eigenvalue weighted by atomic mass is 9.49. The van der Waals surface area contributed by atoms with E-state index < -0.39 is 11.4 Å². The third-order valence-electron chi connectivity index (χ3n) is 7.22. The van der Waals surface area contributed by atoms with Gasteiger partial charge >= 0.3 is 12.0 Å². The van der Waals surface area contributed by atoms with Gasteiger partial charge in [-0.3, -0.25) is 4.79 Å². The summed E-state index contributed by atoms with van der Waals surface area (Å²) in [5, 5.41) is 15.8. The molecule has 0 saturated heterocycles. The normalized spacial score (nSPS) is 29.0. The average molecular weight is 387 g/mol. The molecule has 5 heteroatoms. The van der Waals surface area contributed by atoms with Gasteiger partial charge in [0, 0.05) is 12.2 Å². The van der Waals surface area contributed by atoms with Crippen molar-refractivity contribution in [3.05, 3.63) is 28.8 Å². The van der Waals surface area contributed by atoms with E-state index in [0.29, 0.717) is 12.5 Å². The number of carboxylic acid groups (broad SMARTS) is 1. The molecule has 2 aliphatic carbocycles. The third kappa shape index (κ3) is 3.29. The molecule has 0 radical (unpaired) electrons. The van der Waals surface area contributed by atoms with Crippen LogP contribution in [0.5, 0.6) is 0 Å². The number of urea groups is 1. The topological polar surface area (TPSA) is 78.4 Å². The highest BCUT2D eigenvalue weighted by Crippen LogP contribution is 2.58. The Labute approximate surface area is 168 Å². The quantitative estimate of drug-likeness (QED) is 0.678. The second kappa shape index (κ2) is 7.41. The van der Waals surface area contributed by atoms with Gasteiger partial charge in [0.25, 0.3) is 0 Å². The lowest BCUT2D eigenvalue weighted by Gasteiger charge is -2.53. The Bertz CT molecular complexity index is 788. The summed E-state index contributed by atoms with van der Waals surface area (Å²) in [5.41, 5.74) is 3.68. The highest BCUT2D eigenvalue weighted by molar-refractivity contribution is 5.90. The first-order chi connectivity index (χ1) is 13.1. The average Bonchev–Trinajstić information content (AvgIpc) is 2.61. The van der Waals surface area contributed by atoms with Crippen molar-refractivity contribution in [3.8, 4) is 0 Å². The zero-order valence-electron chi connectivity index (χ0n) is 17.8. The lowest BCUT2D eigenvalue weighted by Crippen LogP contribution is -2.52. The number of aryl methyl sites for hydroxylation is 1. The van der Waals surface area contributed by atoms with Gasteiger partial charge in [-0.1, -0.05) is 33.3 Å². The van der Waals surface area contributed by atoms with Gasteiger partial charge in [-0.2, -0.15) is 0 Å². The van der Waals surface area contributed by atoms with Gasteiger partial charge in [0.1, 0.15) is 0 Å². The van der Waals surface area contributed by atoms with Gasteiger partial charge in [-0.15, -0.1) is 0 Å². The van der Waals surface area contributed by atoms with E-state index in [1.54, 1.807) is 0 Å². The van der Waals surface area contributed by atoms with E-state index >= 15 is 0 Å². The van der Waals surface area contributed by atoms with Gasteiger partial charge in [0.05, 0.1) is 5.41 Å². The predicted octanol–water partition coefficient (Wildman–Crippen LogP) is 5.05. The van der Waals surface area contributed by atoms with Crippen LogP contribution in [0.4, 0.5) is 10.5 Å². The largest absolute Gasteiger partial charge is 0.481 e. The number of benzene rings is 1. The van der Waals surface area contributed by atoms with Gasteiger partial charge in [0.15, 0.2) is 0 Å². The van der Waals surface area contributed by atoms with Crippen LogP contribution >= 0.6 is 0 Å². The molecule has 5 nitrogen and oxygen atoms in total. The molecule has 28 heavy (non-hydrogen) atoms. The van der Waals surface area contributed by atoms with Crippen LogP contribution in [-0.4, -0.2) is 23.7 Å². The lowest BCUT2D eigenvalue weighted by molar-refractivity contribution is -0.157. The molecule has 2 amide bonds. The molecule has 1 aromatic rings. The Morgan fingerprint density at radius 3 is 2.57 bits per heavy atom. The standard InChI is InChI=1S/C23H34N2O3/c1-6-24-21(28)25-18-13-17-15(12-16(18)14(2)3)8-9-19-22(17,4)10-7-11-23(19,5)20(26)27/h12-14,19H,6-11H2,1-5H3,(H,26,27)(H2,24,25,28)/t19-,22-,23-/m1/s1. The van der Waals surface area contributed by atoms with E-state index in [0.717, 1.165) is 43.4 Å². The maximum Gasteiger partial charge on any atom is 0.319 e. The highest BCUT2D eigenvalue weighted by Gasteiger charge is 2.55. The van der Waals surface area contributed by atoms with E-state index in [1.807, 2.05) is 13.8 Å². The first kappa shape index (κ1) is 20.7. The summed E-state index contributed by atoms with van der Waals surface area (Å²) >= 11 is 0. The van der Waals surface area contributed by atoms with Crippen LogP contribution in [0.3, 0.4) is 0 Å². The summed E-state index contributed by atoms with van der Waals surface area (Å²) in [6.45, 7) is 10.9. The minimum Gasteiger partial charge on any atom is -0.481 e. The number of anilines is 1. The van der Waals surface area contributed by atoms with Crippen molar-refractivity contribution in [3.63, 3.8) is 0 Å². The molecule has 154 valence electrons. The summed E-state index contributed by atoms with van der Waals surface area (Å²) < 4.78 is 0. The van der Waals surface area contributed by atoms with Crippen LogP contribution in [0.1, 0.15) is 82.9 Å². The maximum absolute atomic E-state index is 12.2. The van der Waals surface area contributed by atoms with Crippen molar-refractivity contribution < 1.29 is 14.7 Å². The number of hydrogen-bond donors (Lipinski definition) is 3. The van der Waals surface area contributed by atoms with Crippen molar-refractivity contribution >= 4 is 17.7 Å². The zero-order valence-corrected chi connectivity index (χ0v) is 17.8. The molecule has 0 spiro atoms. The number of carbonyl (C=O) groups excluding carboxylic acids is 1. The van der Waals surface area contributed by atoms with Crippen LogP contribution in [0.2, 0.25) is 0 Å². The number of carbonyl (C=O) groups is 2. The fourth-order valence-electron chi connectivity index (χ4n) is 5.70. The van der Waals surface area contributed by atoms with Gasteiger partial charge in [-0.25, -0.2) is 4.79 Å². The van der Waals surface area contributed by atoms with Gasteiger partial charge in [0.2, 0.25) is 0 Å². The number of fused-ring (bicyclic) bond motifs is 3. The Hall–Kier alpha value is -2.04. The molecule has 0 aromatic heterocycles. The molecule has 2 aliphatic rings. The third-order valence-corrected chi connectivity index (χ3v) is 7.22. The molecule has 1 saturated carbocycles. The Morgan fingerprint density at radius 1 is 1.25 bits per heavy atom. The number of carboxylic acids is 1. The molecule has 3 rings (SSSR count). The molecule has 1 fully saturated rings. The summed E-state index contributed by atoms with van der Waals surface area (Å²) in [5.74, 6) is -0.268. The summed E-state index contributed by atoms with van der Waals surface area (Å²) in [6, 6.07) is 4.19. The first-order valence-electron chi connectivity index (χ1n) is 10.6. The van der Waals surface area contributed by atoms with Gasteiger partial charge in [-0.05, 0) is 79.5 Å². The van der Waals surface area contributed by atoms with E-state index in [2.05, 4.69) is 43.5 Å². The molecule has 3 atom stereocenters. The summed E-state index contributed by atoms with van der Waals surface area (Å²) in [4.78, 5) is 24.4. The molecule has 0 aliphatic heterocycles. The summed E-state index contributed by atoms with van der Waals surface area (Å²) in [6.07, 6.45) is 4.47. The fraction of sp³-hybridized carbons (Fsp3) is 0.652. The first-order valence-corrected chi connectivity index (χ1v) is 10.6. The van der Waals surface area contributed by atoms with Crippen LogP contribution in [0.15, 0.2) is 12.1 Å². The van der Waals surface area contributed by atoms with Crippen molar-refractivity contribution in [2.45, 2.75) is 78.1 Å². The smallest absolute Gasteiger partial charge is 0.319 e. The maximum atomic E-state index is 12.2. The van der Waals surface area contributed by atoms with Crippen LogP contribution in [0.25, 0.3) is 0 Å². The monoisotopic (exact) mass is 386 g/mol. The minimum absolute atomic E-state index is 0.112. The zero-order chi connectivity index (χ0) is 20.7. The van der Waals surface area contributed by atoms with Crippen molar-refractivity contribution in [1.29, 1.82) is 0 Å². The molecule has 0 heterocycles. The van der Waals surface area contributed by atoms with Crippen LogP contribution in [-0.2, 0) is 16.6 Å². The SMILES string of the molecule is CCNC(=O)Nc1cc2c(cc1C(C)C)CC[C@H]1[C@](C)(C(=O)O)CCC[C@]21C. The van der Waals surface area contributed by atoms with Crippen LogP contribution < -0.4 is 10.6 Å². The fourth-order valence-corrected chi connectivity index (χ4v) is 5.70. The van der Waals surface area contributed by atoms with E-state index in [4.69, 9.17) is 0 Å². The van der Waals surface area contributed by atoms with Crippen molar-refractivity contribution in [2.75, 3.05) is 11.9 Å². The predicted molar refractivity (Wildman–Crippen MR) is 112 cm³/mol. The van der Waals surface area contributed by atoms with Gasteiger partial charge < -0.3 is 15.7 Å². The molecular weight excluding hydrogens is 352 g/mol. The molecule has 1 aromatic carbocycles. The Balaban J connectivity index is 2.10. The second-order valence-electron chi connectivity index (χ2n) is 9.32. The van der Waals surface area contributed by atoms with Crippen molar-refractivity contribution in [1.82, 2.24) is 5.32 Å². The highest BCUT2D eigenvalue weighted by atomic mass is 16.4. The second-order valence-corrected chi connectivity index (χ2v) is 9.32. The molecule has 0 bridgehead atoms. The van der Waals surface area contributed by atoms with E-state index in [-0.39, 0.29) is 17.4 Å². The summed E-state index contributed by atoms with van der Waals surface area (Å²) in [7, 11) is 0. The Kier molecular flexibility index (Phi) is 5.48. The Morgan fingerprint density at radius 2 is 1.96 bits per heavy atom. The van der Waals surface area contributed by atoms with Crippen LogP contribution in [0, 0.1) is 11.3 Å². The van der Waals surface area contributed by atoms with Crippen molar-refractivity contribution in [2.24, 2.45) is 11.3 Å². The number of nitrogens with one attached hydrogen (secondary N) is 2. The van der Waals surface area contributed by atoms with E-state index in [9.17, 15) is 14.7 Å². The number of amides is 2. The van der Waals surface area contributed by atoms with E-state index in [1.165, 1.54) is 11.1 Å². The number of rotatable bonds is 4. The molecule has 3 N–H and O–H groups in total. The minimum atomic E-state index is -0.686. The molecular formula is C23H34N2O3. The molecule has 0 unspecified atom stereocenters. The number of aliphatic carboxylic acids is 1. The number of hydrogen-bond acceptors (Lipinski definition) is 2.